The van der Waals surface area contributed by atoms with Gasteiger partial charge in [0.1, 0.15) is 5.84 Å². The van der Waals surface area contributed by atoms with Crippen molar-refractivity contribution in [3.05, 3.63) is 199 Å². The molecule has 234 valence electrons. The number of amidine groups is 1. The van der Waals surface area contributed by atoms with E-state index < -0.39 is 0 Å². The van der Waals surface area contributed by atoms with Gasteiger partial charge in [-0.2, -0.15) is 0 Å². The van der Waals surface area contributed by atoms with Crippen molar-refractivity contribution in [1.82, 2.24) is 0 Å². The van der Waals surface area contributed by atoms with Gasteiger partial charge in [-0.25, -0.2) is 4.99 Å². The minimum absolute atomic E-state index is 0.500. The fraction of sp³-hybridized carbons (Fsp3) is 0.0217. The largest absolute Gasteiger partial charge is 0.383 e. The molecule has 1 aromatic heterocycles. The summed E-state index contributed by atoms with van der Waals surface area (Å²) in [5, 5.41) is 2.65. The standard InChI is InChI=1S/C46H34N2S/c47-46(35-14-5-2-6-15-35)48-43(29-24-32-12-3-1-4-13-32)39-19-10-17-37(31-39)34-27-25-33(26-28-34)36-16-9-18-38(30-36)40-21-11-22-42-41-20-7-8-23-44(41)49-45(40)42/h1-23,25-31H,24H2,(H2,47,48)/b43-29-. The molecule has 1 heterocycles. The quantitative estimate of drug-likeness (QED) is 0.129. The van der Waals surface area contributed by atoms with Gasteiger partial charge in [-0.1, -0.05) is 164 Å². The second-order valence-electron chi connectivity index (χ2n) is 12.2. The highest BCUT2D eigenvalue weighted by molar-refractivity contribution is 7.26. The van der Waals surface area contributed by atoms with E-state index in [1.165, 1.54) is 48.0 Å². The summed E-state index contributed by atoms with van der Waals surface area (Å²) in [6, 6.07) is 62.1. The molecule has 0 atom stereocenters. The van der Waals surface area contributed by atoms with Crippen LogP contribution in [0.1, 0.15) is 16.7 Å². The Balaban J connectivity index is 1.10. The summed E-state index contributed by atoms with van der Waals surface area (Å²) < 4.78 is 2.66. The van der Waals surface area contributed by atoms with E-state index in [0.29, 0.717) is 5.84 Å². The number of hydrogen-bond acceptors (Lipinski definition) is 2. The van der Waals surface area contributed by atoms with Crippen LogP contribution in [0.15, 0.2) is 187 Å². The van der Waals surface area contributed by atoms with E-state index in [9.17, 15) is 0 Å². The van der Waals surface area contributed by atoms with Crippen molar-refractivity contribution in [1.29, 1.82) is 0 Å². The summed E-state index contributed by atoms with van der Waals surface area (Å²) >= 11 is 1.87. The number of allylic oxidation sites excluding steroid dienone is 1. The maximum atomic E-state index is 6.53. The molecule has 7 aromatic carbocycles. The van der Waals surface area contributed by atoms with Crippen LogP contribution in [0.5, 0.6) is 0 Å². The molecule has 0 saturated heterocycles. The van der Waals surface area contributed by atoms with Gasteiger partial charge in [0.05, 0.1) is 5.70 Å². The molecule has 0 aliphatic heterocycles. The van der Waals surface area contributed by atoms with Crippen LogP contribution < -0.4 is 5.73 Å². The molecule has 0 unspecified atom stereocenters. The van der Waals surface area contributed by atoms with E-state index in [2.05, 4.69) is 146 Å². The van der Waals surface area contributed by atoms with Gasteiger partial charge in [0.2, 0.25) is 0 Å². The van der Waals surface area contributed by atoms with E-state index in [0.717, 1.165) is 34.4 Å². The number of fused-ring (bicyclic) bond motifs is 3. The van der Waals surface area contributed by atoms with Crippen molar-refractivity contribution in [2.24, 2.45) is 10.7 Å². The Kier molecular flexibility index (Phi) is 8.41. The van der Waals surface area contributed by atoms with Crippen molar-refractivity contribution in [2.75, 3.05) is 0 Å². The van der Waals surface area contributed by atoms with Crippen LogP contribution in [0.3, 0.4) is 0 Å². The Bertz CT molecular complexity index is 2450. The normalized spacial score (nSPS) is 12.1. The van der Waals surface area contributed by atoms with Gasteiger partial charge in [0, 0.05) is 31.3 Å². The number of nitrogens with zero attached hydrogens (tertiary/aromatic N) is 1. The molecule has 2 nitrogen and oxygen atoms in total. The Morgan fingerprint density at radius 1 is 0.510 bits per heavy atom. The minimum atomic E-state index is 0.500. The Hall–Kier alpha value is -6.03. The SMILES string of the molecule is N/C(=N\C(=C/Cc1ccccc1)c1cccc(-c2ccc(-c3cccc(-c4cccc5c4sc4ccccc45)c3)cc2)c1)c1ccccc1. The zero-order chi connectivity index (χ0) is 33.0. The van der Waals surface area contributed by atoms with Crippen LogP contribution >= 0.6 is 11.3 Å². The van der Waals surface area contributed by atoms with E-state index in [4.69, 9.17) is 10.7 Å². The highest BCUT2D eigenvalue weighted by atomic mass is 32.1. The third-order valence-corrected chi connectivity index (χ3v) is 10.2. The number of thiophene rings is 1. The van der Waals surface area contributed by atoms with E-state index in [1.807, 2.05) is 47.7 Å². The molecule has 8 aromatic rings. The van der Waals surface area contributed by atoms with Gasteiger partial charge in [0.15, 0.2) is 0 Å². The van der Waals surface area contributed by atoms with Crippen LogP contribution in [0.2, 0.25) is 0 Å². The molecule has 8 rings (SSSR count). The molecule has 0 saturated carbocycles. The maximum Gasteiger partial charge on any atom is 0.131 e. The summed E-state index contributed by atoms with van der Waals surface area (Å²) in [6.07, 6.45) is 2.93. The first-order valence-electron chi connectivity index (χ1n) is 16.6. The van der Waals surface area contributed by atoms with E-state index in [1.54, 1.807) is 0 Å². The number of nitrogens with two attached hydrogens (primary N) is 1. The molecule has 0 fully saturated rings. The third kappa shape index (κ3) is 6.45. The smallest absolute Gasteiger partial charge is 0.131 e. The molecule has 0 spiro atoms. The van der Waals surface area contributed by atoms with Crippen molar-refractivity contribution in [3.63, 3.8) is 0 Å². The summed E-state index contributed by atoms with van der Waals surface area (Å²) in [5.74, 6) is 0.500. The van der Waals surface area contributed by atoms with Crippen molar-refractivity contribution < 1.29 is 0 Å². The van der Waals surface area contributed by atoms with Gasteiger partial charge in [-0.15, -0.1) is 11.3 Å². The predicted molar refractivity (Wildman–Crippen MR) is 211 cm³/mol. The third-order valence-electron chi connectivity index (χ3n) is 8.97. The van der Waals surface area contributed by atoms with Crippen LogP contribution in [-0.4, -0.2) is 5.84 Å². The molecule has 0 aliphatic carbocycles. The average Bonchev–Trinajstić information content (AvgIpc) is 3.56. The number of hydrogen-bond donors (Lipinski definition) is 1. The lowest BCUT2D eigenvalue weighted by atomic mass is 9.96. The summed E-state index contributed by atoms with van der Waals surface area (Å²) in [5.41, 5.74) is 17.7. The van der Waals surface area contributed by atoms with Crippen LogP contribution in [0.25, 0.3) is 59.3 Å². The topological polar surface area (TPSA) is 38.4 Å². The molecule has 0 bridgehead atoms. The summed E-state index contributed by atoms with van der Waals surface area (Å²) in [4.78, 5) is 4.94. The van der Waals surface area contributed by atoms with Crippen LogP contribution in [-0.2, 0) is 6.42 Å². The van der Waals surface area contributed by atoms with Crippen molar-refractivity contribution >= 4 is 43.0 Å². The second kappa shape index (κ2) is 13.6. The fourth-order valence-electron chi connectivity index (χ4n) is 6.41. The zero-order valence-electron chi connectivity index (χ0n) is 27.0. The molecule has 2 N–H and O–H groups in total. The first kappa shape index (κ1) is 30.3. The monoisotopic (exact) mass is 646 g/mol. The highest BCUT2D eigenvalue weighted by Crippen LogP contribution is 2.40. The molecule has 3 heteroatoms. The van der Waals surface area contributed by atoms with Crippen molar-refractivity contribution in [3.8, 4) is 33.4 Å². The van der Waals surface area contributed by atoms with Crippen LogP contribution in [0, 0.1) is 0 Å². The zero-order valence-corrected chi connectivity index (χ0v) is 27.8. The van der Waals surface area contributed by atoms with Crippen LogP contribution in [0.4, 0.5) is 0 Å². The number of benzene rings is 7. The molecule has 0 radical (unpaired) electrons. The highest BCUT2D eigenvalue weighted by Gasteiger charge is 2.12. The van der Waals surface area contributed by atoms with E-state index >= 15 is 0 Å². The number of rotatable bonds is 8. The Morgan fingerprint density at radius 3 is 1.88 bits per heavy atom. The second-order valence-corrected chi connectivity index (χ2v) is 13.2. The van der Waals surface area contributed by atoms with Gasteiger partial charge in [-0.05, 0) is 63.6 Å². The first-order valence-corrected chi connectivity index (χ1v) is 17.4. The minimum Gasteiger partial charge on any atom is -0.383 e. The van der Waals surface area contributed by atoms with E-state index in [-0.39, 0.29) is 0 Å². The Morgan fingerprint density at radius 2 is 1.10 bits per heavy atom. The average molecular weight is 647 g/mol. The molecular weight excluding hydrogens is 613 g/mol. The predicted octanol–water partition coefficient (Wildman–Crippen LogP) is 12.0. The summed E-state index contributed by atoms with van der Waals surface area (Å²) in [6.45, 7) is 0. The summed E-state index contributed by atoms with van der Waals surface area (Å²) in [7, 11) is 0. The van der Waals surface area contributed by atoms with Gasteiger partial charge >= 0.3 is 0 Å². The molecule has 0 aliphatic rings. The fourth-order valence-corrected chi connectivity index (χ4v) is 7.65. The molecule has 49 heavy (non-hydrogen) atoms. The molecule has 0 amide bonds. The Labute approximate surface area is 291 Å². The molecular formula is C46H34N2S. The van der Waals surface area contributed by atoms with Gasteiger partial charge < -0.3 is 5.73 Å². The van der Waals surface area contributed by atoms with Crippen molar-refractivity contribution in [2.45, 2.75) is 6.42 Å². The lowest BCUT2D eigenvalue weighted by molar-refractivity contribution is 1.26. The lowest BCUT2D eigenvalue weighted by Crippen LogP contribution is -2.13. The first-order chi connectivity index (χ1) is 24.2. The maximum absolute atomic E-state index is 6.53. The number of aliphatic imine (C=N–C) groups is 1. The van der Waals surface area contributed by atoms with Gasteiger partial charge in [0.25, 0.3) is 0 Å². The van der Waals surface area contributed by atoms with Gasteiger partial charge in [-0.3, -0.25) is 0 Å². The lowest BCUT2D eigenvalue weighted by Gasteiger charge is -2.10.